The molecule has 0 saturated heterocycles. The van der Waals surface area contributed by atoms with Crippen LogP contribution < -0.4 is 5.32 Å². The van der Waals surface area contributed by atoms with Crippen molar-refractivity contribution in [2.75, 3.05) is 5.32 Å². The maximum absolute atomic E-state index is 11.9. The summed E-state index contributed by atoms with van der Waals surface area (Å²) >= 11 is 1.55. The molecule has 0 aromatic carbocycles. The van der Waals surface area contributed by atoms with Crippen molar-refractivity contribution in [1.29, 1.82) is 0 Å². The minimum atomic E-state index is -0.0975. The summed E-state index contributed by atoms with van der Waals surface area (Å²) in [7, 11) is 0. The van der Waals surface area contributed by atoms with Crippen LogP contribution in [0.4, 0.5) is 5.00 Å². The lowest BCUT2D eigenvalue weighted by Gasteiger charge is -2.15. The fourth-order valence-corrected chi connectivity index (χ4v) is 2.50. The van der Waals surface area contributed by atoms with Crippen molar-refractivity contribution in [3.8, 4) is 0 Å². The van der Waals surface area contributed by atoms with Crippen LogP contribution in [0.3, 0.4) is 0 Å². The summed E-state index contributed by atoms with van der Waals surface area (Å²) in [6, 6.07) is 5.44. The molecule has 94 valence electrons. The Bertz CT molecular complexity index is 540. The van der Waals surface area contributed by atoms with Crippen LogP contribution in [0.2, 0.25) is 0 Å². The average molecular weight is 260 g/mol. The third-order valence-electron chi connectivity index (χ3n) is 2.64. The van der Waals surface area contributed by atoms with E-state index in [-0.39, 0.29) is 11.3 Å². The summed E-state index contributed by atoms with van der Waals surface area (Å²) in [6.07, 6.45) is 3.23. The number of carbonyl (C=O) groups excluding carboxylic acids is 1. The predicted octanol–water partition coefficient (Wildman–Crippen LogP) is 3.69. The Morgan fingerprint density at radius 1 is 1.28 bits per heavy atom. The van der Waals surface area contributed by atoms with E-state index < -0.39 is 0 Å². The smallest absolute Gasteiger partial charge is 0.256 e. The van der Waals surface area contributed by atoms with Gasteiger partial charge in [0.15, 0.2) is 0 Å². The van der Waals surface area contributed by atoms with Crippen molar-refractivity contribution >= 4 is 22.2 Å². The molecule has 0 aliphatic rings. The molecule has 0 saturated carbocycles. The number of amides is 1. The fourth-order valence-electron chi connectivity index (χ4n) is 1.48. The molecule has 2 heterocycles. The fraction of sp³-hybridized carbons (Fsp3) is 0.286. The van der Waals surface area contributed by atoms with E-state index in [2.05, 4.69) is 36.5 Å². The Labute approximate surface area is 111 Å². The summed E-state index contributed by atoms with van der Waals surface area (Å²) in [6.45, 7) is 6.47. The molecule has 18 heavy (non-hydrogen) atoms. The summed E-state index contributed by atoms with van der Waals surface area (Å²) in [5, 5.41) is 5.86. The highest BCUT2D eigenvalue weighted by Gasteiger charge is 2.16. The Morgan fingerprint density at radius 2 is 1.94 bits per heavy atom. The van der Waals surface area contributed by atoms with Crippen LogP contribution in [0.25, 0.3) is 0 Å². The minimum Gasteiger partial charge on any atom is -0.314 e. The zero-order chi connectivity index (χ0) is 13.2. The molecular formula is C14H16N2OS. The topological polar surface area (TPSA) is 42.0 Å². The van der Waals surface area contributed by atoms with E-state index in [0.717, 1.165) is 5.00 Å². The number of nitrogens with one attached hydrogen (secondary N) is 1. The SMILES string of the molecule is CC(C)(C)c1csc(NC(=O)c2ccncc2)c1. The van der Waals surface area contributed by atoms with E-state index in [1.54, 1.807) is 35.9 Å². The molecule has 0 aliphatic heterocycles. The van der Waals surface area contributed by atoms with Gasteiger partial charge in [-0.3, -0.25) is 9.78 Å². The molecule has 0 aliphatic carbocycles. The molecule has 2 aromatic heterocycles. The molecule has 3 nitrogen and oxygen atoms in total. The molecule has 0 spiro atoms. The van der Waals surface area contributed by atoms with Crippen LogP contribution in [0.15, 0.2) is 36.0 Å². The molecule has 2 aromatic rings. The van der Waals surface area contributed by atoms with Gasteiger partial charge in [0.1, 0.15) is 0 Å². The number of anilines is 1. The molecule has 1 N–H and O–H groups in total. The zero-order valence-corrected chi connectivity index (χ0v) is 11.5. The Balaban J connectivity index is 2.11. The van der Waals surface area contributed by atoms with Gasteiger partial charge < -0.3 is 5.32 Å². The van der Waals surface area contributed by atoms with Gasteiger partial charge in [0.05, 0.1) is 5.00 Å². The van der Waals surface area contributed by atoms with E-state index in [1.807, 2.05) is 6.07 Å². The van der Waals surface area contributed by atoms with E-state index >= 15 is 0 Å². The van der Waals surface area contributed by atoms with E-state index in [0.29, 0.717) is 5.56 Å². The summed E-state index contributed by atoms with van der Waals surface area (Å²) < 4.78 is 0. The molecule has 0 bridgehead atoms. The molecular weight excluding hydrogens is 244 g/mol. The lowest BCUT2D eigenvalue weighted by molar-refractivity contribution is 0.102. The van der Waals surface area contributed by atoms with Gasteiger partial charge in [-0.15, -0.1) is 11.3 Å². The highest BCUT2D eigenvalue weighted by molar-refractivity contribution is 7.14. The van der Waals surface area contributed by atoms with Crippen LogP contribution in [-0.4, -0.2) is 10.9 Å². The normalized spacial score (nSPS) is 11.3. The Morgan fingerprint density at radius 3 is 2.50 bits per heavy atom. The predicted molar refractivity (Wildman–Crippen MR) is 75.2 cm³/mol. The maximum atomic E-state index is 11.9. The summed E-state index contributed by atoms with van der Waals surface area (Å²) in [4.78, 5) is 15.8. The first kappa shape index (κ1) is 12.8. The molecule has 0 atom stereocenters. The summed E-state index contributed by atoms with van der Waals surface area (Å²) in [5.74, 6) is -0.0975. The molecule has 0 fully saturated rings. The van der Waals surface area contributed by atoms with Gasteiger partial charge in [-0.2, -0.15) is 0 Å². The zero-order valence-electron chi connectivity index (χ0n) is 10.7. The lowest BCUT2D eigenvalue weighted by atomic mass is 9.89. The van der Waals surface area contributed by atoms with Crippen molar-refractivity contribution in [2.45, 2.75) is 26.2 Å². The first-order valence-corrected chi connectivity index (χ1v) is 6.65. The van der Waals surface area contributed by atoms with E-state index in [1.165, 1.54) is 5.56 Å². The van der Waals surface area contributed by atoms with Gasteiger partial charge in [0.2, 0.25) is 0 Å². The number of pyridine rings is 1. The third kappa shape index (κ3) is 2.96. The van der Waals surface area contributed by atoms with Gasteiger partial charge in [-0.25, -0.2) is 0 Å². The Kier molecular flexibility index (Phi) is 3.48. The molecule has 2 rings (SSSR count). The van der Waals surface area contributed by atoms with Gasteiger partial charge in [-0.05, 0) is 34.6 Å². The van der Waals surface area contributed by atoms with Crippen LogP contribution in [0, 0.1) is 0 Å². The minimum absolute atomic E-state index is 0.0975. The molecule has 0 unspecified atom stereocenters. The van der Waals surface area contributed by atoms with Crippen molar-refractivity contribution in [3.05, 3.63) is 47.1 Å². The molecule has 4 heteroatoms. The quantitative estimate of drug-likeness (QED) is 0.894. The van der Waals surface area contributed by atoms with Crippen molar-refractivity contribution in [3.63, 3.8) is 0 Å². The van der Waals surface area contributed by atoms with Crippen molar-refractivity contribution in [1.82, 2.24) is 4.98 Å². The average Bonchev–Trinajstić information content (AvgIpc) is 2.78. The van der Waals surface area contributed by atoms with Crippen LogP contribution >= 0.6 is 11.3 Å². The number of hydrogen-bond donors (Lipinski definition) is 1. The number of hydrogen-bond acceptors (Lipinski definition) is 3. The van der Waals surface area contributed by atoms with Gasteiger partial charge in [0.25, 0.3) is 5.91 Å². The highest BCUT2D eigenvalue weighted by Crippen LogP contribution is 2.30. The summed E-state index contributed by atoms with van der Waals surface area (Å²) in [5.41, 5.74) is 1.96. The second-order valence-corrected chi connectivity index (χ2v) is 6.05. The number of aromatic nitrogens is 1. The van der Waals surface area contributed by atoms with Gasteiger partial charge in [-0.1, -0.05) is 20.8 Å². The van der Waals surface area contributed by atoms with Crippen LogP contribution in [0.1, 0.15) is 36.7 Å². The second-order valence-electron chi connectivity index (χ2n) is 5.14. The van der Waals surface area contributed by atoms with Gasteiger partial charge >= 0.3 is 0 Å². The van der Waals surface area contributed by atoms with Crippen LogP contribution in [0.5, 0.6) is 0 Å². The lowest BCUT2D eigenvalue weighted by Crippen LogP contribution is -2.11. The van der Waals surface area contributed by atoms with Crippen LogP contribution in [-0.2, 0) is 5.41 Å². The third-order valence-corrected chi connectivity index (χ3v) is 3.49. The second kappa shape index (κ2) is 4.90. The number of carbonyl (C=O) groups is 1. The molecule has 0 radical (unpaired) electrons. The molecule has 1 amide bonds. The monoisotopic (exact) mass is 260 g/mol. The number of nitrogens with zero attached hydrogens (tertiary/aromatic N) is 1. The van der Waals surface area contributed by atoms with Crippen molar-refractivity contribution in [2.24, 2.45) is 0 Å². The Hall–Kier alpha value is -1.68. The van der Waals surface area contributed by atoms with E-state index in [4.69, 9.17) is 0 Å². The maximum Gasteiger partial charge on any atom is 0.256 e. The van der Waals surface area contributed by atoms with Gasteiger partial charge in [0, 0.05) is 18.0 Å². The number of thiophene rings is 1. The van der Waals surface area contributed by atoms with E-state index in [9.17, 15) is 4.79 Å². The highest BCUT2D eigenvalue weighted by atomic mass is 32.1. The number of rotatable bonds is 2. The largest absolute Gasteiger partial charge is 0.314 e. The van der Waals surface area contributed by atoms with Crippen molar-refractivity contribution < 1.29 is 4.79 Å². The first-order valence-electron chi connectivity index (χ1n) is 5.77. The standard InChI is InChI=1S/C14H16N2OS/c1-14(2,3)11-8-12(18-9-11)16-13(17)10-4-6-15-7-5-10/h4-9H,1-3H3,(H,16,17). The first-order chi connectivity index (χ1) is 8.47.